The summed E-state index contributed by atoms with van der Waals surface area (Å²) in [6.45, 7) is 6.25. The molecule has 26 heavy (non-hydrogen) atoms. The molecule has 0 unspecified atom stereocenters. The third-order valence-corrected chi connectivity index (χ3v) is 5.20. The first-order valence-corrected chi connectivity index (χ1v) is 9.47. The first-order chi connectivity index (χ1) is 12.5. The Bertz CT molecular complexity index is 788. The fourth-order valence-corrected chi connectivity index (χ4v) is 3.71. The highest BCUT2D eigenvalue weighted by Gasteiger charge is 2.26. The molecule has 1 fully saturated rings. The van der Waals surface area contributed by atoms with Gasteiger partial charge in [-0.1, -0.05) is 17.7 Å². The van der Waals surface area contributed by atoms with Gasteiger partial charge in [0.2, 0.25) is 5.91 Å². The summed E-state index contributed by atoms with van der Waals surface area (Å²) in [4.78, 5) is 19.4. The average Bonchev–Trinajstić information content (AvgIpc) is 2.61. The van der Waals surface area contributed by atoms with Crippen molar-refractivity contribution in [3.05, 3.63) is 34.9 Å². The molecule has 1 amide bonds. The maximum Gasteiger partial charge on any atom is 0.223 e. The van der Waals surface area contributed by atoms with Gasteiger partial charge in [0, 0.05) is 42.6 Å². The zero-order chi connectivity index (χ0) is 18.7. The van der Waals surface area contributed by atoms with Crippen LogP contribution in [0.3, 0.4) is 0 Å². The number of hydrogen-bond donors (Lipinski definition) is 1. The normalized spacial score (nSPS) is 16.7. The van der Waals surface area contributed by atoms with Crippen LogP contribution in [-0.2, 0) is 9.53 Å². The summed E-state index contributed by atoms with van der Waals surface area (Å²) in [5.41, 5.74) is 2.11. The smallest absolute Gasteiger partial charge is 0.223 e. The predicted octanol–water partition coefficient (Wildman–Crippen LogP) is 3.56. The second-order valence-electron chi connectivity index (χ2n) is 7.09. The van der Waals surface area contributed by atoms with Gasteiger partial charge in [0.05, 0.1) is 12.1 Å². The van der Waals surface area contributed by atoms with E-state index in [2.05, 4.69) is 23.2 Å². The van der Waals surface area contributed by atoms with Crippen molar-refractivity contribution in [2.24, 2.45) is 5.92 Å². The fourth-order valence-electron chi connectivity index (χ4n) is 3.54. The Morgan fingerprint density at radius 1 is 1.38 bits per heavy atom. The number of pyridine rings is 1. The Morgan fingerprint density at radius 2 is 2.12 bits per heavy atom. The number of rotatable bonds is 5. The number of benzene rings is 1. The number of hydrogen-bond acceptors (Lipinski definition) is 4. The van der Waals surface area contributed by atoms with Gasteiger partial charge in [-0.2, -0.15) is 0 Å². The highest BCUT2D eigenvalue weighted by molar-refractivity contribution is 6.31. The van der Waals surface area contributed by atoms with Gasteiger partial charge in [0.15, 0.2) is 0 Å². The molecule has 0 bridgehead atoms. The summed E-state index contributed by atoms with van der Waals surface area (Å²) >= 11 is 6.12. The quantitative estimate of drug-likeness (QED) is 0.868. The summed E-state index contributed by atoms with van der Waals surface area (Å²) < 4.78 is 5.08. The van der Waals surface area contributed by atoms with Crippen molar-refractivity contribution in [2.45, 2.75) is 32.7 Å². The lowest BCUT2D eigenvalue weighted by Gasteiger charge is -2.33. The van der Waals surface area contributed by atoms with E-state index < -0.39 is 0 Å². The van der Waals surface area contributed by atoms with E-state index in [0.29, 0.717) is 11.6 Å². The molecule has 6 heteroatoms. The van der Waals surface area contributed by atoms with Crippen LogP contribution < -0.4 is 10.2 Å². The molecule has 0 saturated carbocycles. The molecule has 140 valence electrons. The highest BCUT2D eigenvalue weighted by atomic mass is 35.5. The van der Waals surface area contributed by atoms with Crippen molar-refractivity contribution in [2.75, 3.05) is 31.7 Å². The lowest BCUT2D eigenvalue weighted by atomic mass is 9.95. The summed E-state index contributed by atoms with van der Waals surface area (Å²) in [5, 5.41) is 4.85. The van der Waals surface area contributed by atoms with Crippen LogP contribution in [0.1, 0.15) is 25.3 Å². The van der Waals surface area contributed by atoms with Gasteiger partial charge in [0.25, 0.3) is 0 Å². The summed E-state index contributed by atoms with van der Waals surface area (Å²) in [5.74, 6) is 1.15. The Kier molecular flexibility index (Phi) is 5.99. The van der Waals surface area contributed by atoms with E-state index >= 15 is 0 Å². The molecule has 0 radical (unpaired) electrons. The molecule has 2 heterocycles. The molecule has 2 aromatic rings. The molecule has 3 rings (SSSR count). The second kappa shape index (κ2) is 8.23. The molecule has 5 nitrogen and oxygen atoms in total. The van der Waals surface area contributed by atoms with E-state index in [1.165, 1.54) is 5.56 Å². The first kappa shape index (κ1) is 18.9. The van der Waals surface area contributed by atoms with Crippen molar-refractivity contribution in [1.82, 2.24) is 10.3 Å². The van der Waals surface area contributed by atoms with Crippen molar-refractivity contribution >= 4 is 34.2 Å². The number of nitrogens with zero attached hydrogens (tertiary/aromatic N) is 2. The number of ether oxygens (including phenoxy) is 1. The molecular weight excluding hydrogens is 350 g/mol. The first-order valence-electron chi connectivity index (χ1n) is 9.09. The molecule has 1 aromatic carbocycles. The molecule has 1 N–H and O–H groups in total. The minimum absolute atomic E-state index is 0.0417. The van der Waals surface area contributed by atoms with E-state index in [4.69, 9.17) is 21.3 Å². The van der Waals surface area contributed by atoms with Crippen LogP contribution in [0.5, 0.6) is 0 Å². The van der Waals surface area contributed by atoms with Crippen LogP contribution in [0, 0.1) is 12.8 Å². The molecule has 1 atom stereocenters. The van der Waals surface area contributed by atoms with Crippen LogP contribution in [0.4, 0.5) is 5.82 Å². The van der Waals surface area contributed by atoms with Crippen LogP contribution in [0.25, 0.3) is 10.9 Å². The number of fused-ring (bicyclic) bond motifs is 1. The number of aryl methyl sites for hydroxylation is 1. The maximum atomic E-state index is 12.4. The van der Waals surface area contributed by atoms with Gasteiger partial charge in [-0.15, -0.1) is 0 Å². The average molecular weight is 376 g/mol. The minimum atomic E-state index is 0.0417. The monoisotopic (exact) mass is 375 g/mol. The Morgan fingerprint density at radius 3 is 2.81 bits per heavy atom. The van der Waals surface area contributed by atoms with Gasteiger partial charge in [-0.25, -0.2) is 4.98 Å². The van der Waals surface area contributed by atoms with Crippen molar-refractivity contribution in [1.29, 1.82) is 0 Å². The van der Waals surface area contributed by atoms with Gasteiger partial charge >= 0.3 is 0 Å². The topological polar surface area (TPSA) is 54.5 Å². The molecule has 1 saturated heterocycles. The molecule has 1 aliphatic heterocycles. The van der Waals surface area contributed by atoms with E-state index in [9.17, 15) is 4.79 Å². The maximum absolute atomic E-state index is 12.4. The van der Waals surface area contributed by atoms with Gasteiger partial charge in [0.1, 0.15) is 5.82 Å². The molecule has 0 aliphatic carbocycles. The van der Waals surface area contributed by atoms with Crippen LogP contribution in [0.15, 0.2) is 24.3 Å². The van der Waals surface area contributed by atoms with Gasteiger partial charge in [-0.05, 0) is 50.5 Å². The zero-order valence-corrected chi connectivity index (χ0v) is 16.3. The van der Waals surface area contributed by atoms with Gasteiger partial charge < -0.3 is 15.0 Å². The Balaban J connectivity index is 1.66. The fraction of sp³-hybridized carbons (Fsp3) is 0.500. The van der Waals surface area contributed by atoms with Crippen molar-refractivity contribution in [3.63, 3.8) is 0 Å². The number of aromatic nitrogens is 1. The van der Waals surface area contributed by atoms with Crippen LogP contribution in [0.2, 0.25) is 5.02 Å². The van der Waals surface area contributed by atoms with Crippen LogP contribution in [-0.4, -0.2) is 43.7 Å². The SMILES string of the molecule is COC[C@@H](C)NC(=O)C1CCN(c2cc(C)c3ccc(Cl)cc3n2)CC1. The number of nitrogens with one attached hydrogen (secondary N) is 1. The lowest BCUT2D eigenvalue weighted by Crippen LogP contribution is -2.44. The van der Waals surface area contributed by atoms with E-state index in [1.807, 2.05) is 25.1 Å². The standard InChI is InChI=1S/C20H26ClN3O2/c1-13-10-19(23-18-11-16(21)4-5-17(13)18)24-8-6-15(7-9-24)20(25)22-14(2)12-26-3/h4-5,10-11,14-15H,6-9,12H2,1-3H3,(H,22,25)/t14-/m1/s1. The minimum Gasteiger partial charge on any atom is -0.383 e. The third kappa shape index (κ3) is 4.27. The van der Waals surface area contributed by atoms with Crippen molar-refractivity contribution < 1.29 is 9.53 Å². The Hall–Kier alpha value is -1.85. The predicted molar refractivity (Wildman–Crippen MR) is 106 cm³/mol. The molecule has 1 aliphatic rings. The number of halogens is 1. The lowest BCUT2D eigenvalue weighted by molar-refractivity contribution is -0.126. The van der Waals surface area contributed by atoms with E-state index in [0.717, 1.165) is 42.7 Å². The number of piperidine rings is 1. The second-order valence-corrected chi connectivity index (χ2v) is 7.52. The number of methoxy groups -OCH3 is 1. The summed E-state index contributed by atoms with van der Waals surface area (Å²) in [6, 6.07) is 7.98. The summed E-state index contributed by atoms with van der Waals surface area (Å²) in [7, 11) is 1.65. The zero-order valence-electron chi connectivity index (χ0n) is 15.6. The summed E-state index contributed by atoms with van der Waals surface area (Å²) in [6.07, 6.45) is 1.67. The van der Waals surface area contributed by atoms with Gasteiger partial charge in [-0.3, -0.25) is 4.79 Å². The van der Waals surface area contributed by atoms with Crippen molar-refractivity contribution in [3.8, 4) is 0 Å². The van der Waals surface area contributed by atoms with E-state index in [1.54, 1.807) is 7.11 Å². The Labute approximate surface area is 159 Å². The molecule has 0 spiro atoms. The number of amides is 1. The third-order valence-electron chi connectivity index (χ3n) is 4.96. The largest absolute Gasteiger partial charge is 0.383 e. The number of carbonyl (C=O) groups excluding carboxylic acids is 1. The number of carbonyl (C=O) groups is 1. The molecular formula is C20H26ClN3O2. The number of anilines is 1. The highest BCUT2D eigenvalue weighted by Crippen LogP contribution is 2.28. The molecule has 1 aromatic heterocycles. The van der Waals surface area contributed by atoms with E-state index in [-0.39, 0.29) is 17.9 Å². The van der Waals surface area contributed by atoms with Crippen LogP contribution >= 0.6 is 11.6 Å².